The number of para-hydroxylation sites is 1. The van der Waals surface area contributed by atoms with Crippen LogP contribution in [0.4, 0.5) is 11.4 Å². The lowest BCUT2D eigenvalue weighted by Crippen LogP contribution is -2.38. The molecule has 0 atom stereocenters. The Hall–Kier alpha value is -3.13. The molecule has 0 unspecified atom stereocenters. The predicted octanol–water partition coefficient (Wildman–Crippen LogP) is 3.76. The van der Waals surface area contributed by atoms with Crippen LogP contribution in [-0.2, 0) is 9.59 Å². The number of hydrogen-bond donors (Lipinski definition) is 1. The smallest absolute Gasteiger partial charge is 0.237 e. The molecule has 0 radical (unpaired) electrons. The van der Waals surface area contributed by atoms with E-state index in [2.05, 4.69) is 15.5 Å². The molecule has 150 valence electrons. The van der Waals surface area contributed by atoms with Gasteiger partial charge in [-0.05, 0) is 44.2 Å². The third-order valence-corrected chi connectivity index (χ3v) is 5.03. The monoisotopic (exact) mass is 409 g/mol. The maximum atomic E-state index is 12.9. The molecule has 7 nitrogen and oxygen atoms in total. The summed E-state index contributed by atoms with van der Waals surface area (Å²) < 4.78 is 1.80. The summed E-state index contributed by atoms with van der Waals surface area (Å²) in [5.74, 6) is 0.0930. The molecule has 0 fully saturated rings. The Balaban J connectivity index is 1.75. The van der Waals surface area contributed by atoms with Gasteiger partial charge in [-0.15, -0.1) is 10.2 Å². The van der Waals surface area contributed by atoms with Gasteiger partial charge in [0.25, 0.3) is 0 Å². The normalized spacial score (nSPS) is 10.8. The standard InChI is InChI=1S/C21H23N5O2S/c1-15(2)26(18-9-5-4-6-10-18)20(28)13-29-21-24-22-14-25(21)19-11-7-8-17(12-19)23-16(3)27/h4-12,14-15H,13H2,1-3H3,(H,23,27). The number of nitrogens with zero attached hydrogens (tertiary/aromatic N) is 4. The lowest BCUT2D eigenvalue weighted by atomic mass is 10.2. The van der Waals surface area contributed by atoms with Gasteiger partial charge in [0.1, 0.15) is 6.33 Å². The summed E-state index contributed by atoms with van der Waals surface area (Å²) in [6.45, 7) is 5.45. The third-order valence-electron chi connectivity index (χ3n) is 4.11. The summed E-state index contributed by atoms with van der Waals surface area (Å²) in [7, 11) is 0. The fourth-order valence-corrected chi connectivity index (χ4v) is 3.74. The number of thioether (sulfide) groups is 1. The lowest BCUT2D eigenvalue weighted by molar-refractivity contribution is -0.116. The Morgan fingerprint density at radius 2 is 1.90 bits per heavy atom. The van der Waals surface area contributed by atoms with E-state index in [0.717, 1.165) is 11.4 Å². The van der Waals surface area contributed by atoms with E-state index in [-0.39, 0.29) is 23.6 Å². The highest BCUT2D eigenvalue weighted by molar-refractivity contribution is 7.99. The van der Waals surface area contributed by atoms with E-state index >= 15 is 0 Å². The largest absolute Gasteiger partial charge is 0.326 e. The Morgan fingerprint density at radius 3 is 2.59 bits per heavy atom. The highest BCUT2D eigenvalue weighted by Gasteiger charge is 2.20. The molecule has 0 aliphatic heterocycles. The molecule has 0 aliphatic carbocycles. The Bertz CT molecular complexity index is 988. The number of rotatable bonds is 7. The van der Waals surface area contributed by atoms with Crippen LogP contribution in [-0.4, -0.2) is 38.4 Å². The molecule has 1 heterocycles. The maximum Gasteiger partial charge on any atom is 0.237 e. The molecule has 29 heavy (non-hydrogen) atoms. The molecule has 2 aromatic carbocycles. The van der Waals surface area contributed by atoms with Crippen molar-refractivity contribution in [1.29, 1.82) is 0 Å². The summed E-state index contributed by atoms with van der Waals surface area (Å²) in [4.78, 5) is 26.0. The van der Waals surface area contributed by atoms with Gasteiger partial charge in [0.05, 0.1) is 11.4 Å². The predicted molar refractivity (Wildman–Crippen MR) is 115 cm³/mol. The van der Waals surface area contributed by atoms with Gasteiger partial charge in [-0.3, -0.25) is 14.2 Å². The summed E-state index contributed by atoms with van der Waals surface area (Å²) >= 11 is 1.33. The second-order valence-corrected chi connectivity index (χ2v) is 7.64. The molecule has 1 N–H and O–H groups in total. The van der Waals surface area contributed by atoms with Crippen molar-refractivity contribution in [2.45, 2.75) is 32.0 Å². The first-order chi connectivity index (χ1) is 14.0. The minimum absolute atomic E-state index is 0.00209. The van der Waals surface area contributed by atoms with Gasteiger partial charge in [-0.25, -0.2) is 0 Å². The first-order valence-corrected chi connectivity index (χ1v) is 10.2. The van der Waals surface area contributed by atoms with Crippen molar-refractivity contribution < 1.29 is 9.59 Å². The van der Waals surface area contributed by atoms with Crippen LogP contribution in [0, 0.1) is 0 Å². The molecule has 2 amide bonds. The highest BCUT2D eigenvalue weighted by atomic mass is 32.2. The molecular weight excluding hydrogens is 386 g/mol. The van der Waals surface area contributed by atoms with Crippen molar-refractivity contribution >= 4 is 35.0 Å². The highest BCUT2D eigenvalue weighted by Crippen LogP contribution is 2.24. The van der Waals surface area contributed by atoms with Crippen LogP contribution < -0.4 is 10.2 Å². The molecule has 0 aliphatic rings. The topological polar surface area (TPSA) is 80.1 Å². The van der Waals surface area contributed by atoms with Crippen LogP contribution in [0.2, 0.25) is 0 Å². The van der Waals surface area contributed by atoms with E-state index in [9.17, 15) is 9.59 Å². The van der Waals surface area contributed by atoms with E-state index in [0.29, 0.717) is 10.8 Å². The van der Waals surface area contributed by atoms with Crippen LogP contribution in [0.5, 0.6) is 0 Å². The Morgan fingerprint density at radius 1 is 1.14 bits per heavy atom. The van der Waals surface area contributed by atoms with Crippen LogP contribution >= 0.6 is 11.8 Å². The number of carbonyl (C=O) groups is 2. The van der Waals surface area contributed by atoms with Crippen LogP contribution in [0.1, 0.15) is 20.8 Å². The van der Waals surface area contributed by atoms with E-state index in [4.69, 9.17) is 0 Å². The minimum Gasteiger partial charge on any atom is -0.326 e. The zero-order chi connectivity index (χ0) is 20.8. The Kier molecular flexibility index (Phi) is 6.66. The molecule has 0 bridgehead atoms. The fraction of sp³-hybridized carbons (Fsp3) is 0.238. The first-order valence-electron chi connectivity index (χ1n) is 9.23. The number of hydrogen-bond acceptors (Lipinski definition) is 5. The average molecular weight is 410 g/mol. The van der Waals surface area contributed by atoms with Gasteiger partial charge in [0, 0.05) is 24.3 Å². The zero-order valence-electron chi connectivity index (χ0n) is 16.6. The second kappa shape index (κ2) is 9.38. The summed E-state index contributed by atoms with van der Waals surface area (Å²) in [5.41, 5.74) is 2.36. The van der Waals surface area contributed by atoms with Gasteiger partial charge < -0.3 is 10.2 Å². The minimum atomic E-state index is -0.138. The SMILES string of the molecule is CC(=O)Nc1cccc(-n2cnnc2SCC(=O)N(c2ccccc2)C(C)C)c1. The van der Waals surface area contributed by atoms with Crippen molar-refractivity contribution in [2.75, 3.05) is 16.0 Å². The maximum absolute atomic E-state index is 12.9. The van der Waals surface area contributed by atoms with Gasteiger partial charge in [0.2, 0.25) is 11.8 Å². The van der Waals surface area contributed by atoms with Crippen molar-refractivity contribution in [1.82, 2.24) is 14.8 Å². The quantitative estimate of drug-likeness (QED) is 0.601. The molecule has 3 rings (SSSR count). The van der Waals surface area contributed by atoms with E-state index in [1.54, 1.807) is 15.8 Å². The van der Waals surface area contributed by atoms with Crippen molar-refractivity contribution in [3.63, 3.8) is 0 Å². The van der Waals surface area contributed by atoms with Crippen molar-refractivity contribution in [2.24, 2.45) is 0 Å². The number of aromatic nitrogens is 3. The van der Waals surface area contributed by atoms with E-state index < -0.39 is 0 Å². The molecule has 3 aromatic rings. The molecule has 0 saturated heterocycles. The summed E-state index contributed by atoms with van der Waals surface area (Å²) in [6, 6.07) is 17.1. The van der Waals surface area contributed by atoms with Crippen molar-refractivity contribution in [3.05, 3.63) is 60.9 Å². The molecule has 0 saturated carbocycles. The van der Waals surface area contributed by atoms with Gasteiger partial charge in [0.15, 0.2) is 5.16 Å². The number of anilines is 2. The van der Waals surface area contributed by atoms with Gasteiger partial charge in [-0.2, -0.15) is 0 Å². The zero-order valence-corrected chi connectivity index (χ0v) is 17.4. The lowest BCUT2D eigenvalue weighted by Gasteiger charge is -2.26. The molecular formula is C21H23N5O2S. The fourth-order valence-electron chi connectivity index (χ4n) is 2.95. The first kappa shape index (κ1) is 20.6. The number of carbonyl (C=O) groups excluding carboxylic acids is 2. The second-order valence-electron chi connectivity index (χ2n) is 6.70. The van der Waals surface area contributed by atoms with Crippen LogP contribution in [0.3, 0.4) is 0 Å². The number of amides is 2. The molecule has 0 spiro atoms. The van der Waals surface area contributed by atoms with Gasteiger partial charge in [-0.1, -0.05) is 36.0 Å². The number of nitrogens with one attached hydrogen (secondary N) is 1. The Labute approximate surface area is 174 Å². The van der Waals surface area contributed by atoms with Gasteiger partial charge >= 0.3 is 0 Å². The molecule has 8 heteroatoms. The average Bonchev–Trinajstić information content (AvgIpc) is 3.15. The summed E-state index contributed by atoms with van der Waals surface area (Å²) in [6.07, 6.45) is 1.59. The van der Waals surface area contributed by atoms with Crippen LogP contribution in [0.25, 0.3) is 5.69 Å². The van der Waals surface area contributed by atoms with Crippen LogP contribution in [0.15, 0.2) is 66.1 Å². The summed E-state index contributed by atoms with van der Waals surface area (Å²) in [5, 5.41) is 11.5. The van der Waals surface area contributed by atoms with E-state index in [1.165, 1.54) is 18.7 Å². The molecule has 1 aromatic heterocycles. The third kappa shape index (κ3) is 5.23. The van der Waals surface area contributed by atoms with Crippen molar-refractivity contribution in [3.8, 4) is 5.69 Å². The number of benzene rings is 2. The van der Waals surface area contributed by atoms with E-state index in [1.807, 2.05) is 68.4 Å².